The molecule has 0 saturated heterocycles. The molecule has 4 bridgehead atoms. The van der Waals surface area contributed by atoms with Gasteiger partial charge < -0.3 is 5.11 Å². The van der Waals surface area contributed by atoms with Crippen molar-refractivity contribution in [2.45, 2.75) is 39.5 Å². The average molecular weight is 355 g/mol. The lowest BCUT2D eigenvalue weighted by Crippen LogP contribution is -2.02. The van der Waals surface area contributed by atoms with E-state index >= 15 is 0 Å². The Kier molecular flexibility index (Phi) is 4.81. The molecule has 27 heavy (non-hydrogen) atoms. The number of phenols is 1. The van der Waals surface area contributed by atoms with E-state index in [1.165, 1.54) is 33.4 Å². The fourth-order valence-electron chi connectivity index (χ4n) is 3.83. The van der Waals surface area contributed by atoms with Crippen LogP contribution in [0, 0.1) is 13.8 Å². The number of aryl methyl sites for hydroxylation is 6. The van der Waals surface area contributed by atoms with E-state index < -0.39 is 0 Å². The molecule has 136 valence electrons. The highest BCUT2D eigenvalue weighted by Gasteiger charge is 2.10. The minimum atomic E-state index is 0.430. The second-order valence-corrected chi connectivity index (χ2v) is 7.49. The van der Waals surface area contributed by atoms with Gasteiger partial charge in [-0.05, 0) is 90.6 Å². The highest BCUT2D eigenvalue weighted by molar-refractivity contribution is 5.85. The van der Waals surface area contributed by atoms with Crippen molar-refractivity contribution in [1.82, 2.24) is 0 Å². The van der Waals surface area contributed by atoms with Crippen molar-refractivity contribution in [3.63, 3.8) is 0 Å². The van der Waals surface area contributed by atoms with Crippen LogP contribution in [0.1, 0.15) is 38.9 Å². The fraction of sp³-hybridized carbons (Fsp3) is 0.240. The van der Waals surface area contributed by atoms with E-state index in [0.29, 0.717) is 5.75 Å². The summed E-state index contributed by atoms with van der Waals surface area (Å²) in [6.07, 6.45) is 5.64. The van der Waals surface area contributed by atoms with Crippen LogP contribution in [0.25, 0.3) is 0 Å². The fourth-order valence-corrected chi connectivity index (χ4v) is 3.83. The quantitative estimate of drug-likeness (QED) is 0.593. The molecule has 7 rings (SSSR count). The Hall–Kier alpha value is -2.87. The normalized spacial score (nSPS) is 13.7. The van der Waals surface area contributed by atoms with Crippen LogP contribution in [0.3, 0.4) is 0 Å². The zero-order valence-electron chi connectivity index (χ0n) is 16.0. The Morgan fingerprint density at radius 1 is 0.778 bits per heavy atom. The van der Waals surface area contributed by atoms with Crippen molar-refractivity contribution in [2.24, 2.45) is 4.99 Å². The van der Waals surface area contributed by atoms with Crippen molar-refractivity contribution in [1.29, 1.82) is 0 Å². The zero-order chi connectivity index (χ0) is 18.8. The Bertz CT molecular complexity index is 997. The third-order valence-electron chi connectivity index (χ3n) is 5.50. The van der Waals surface area contributed by atoms with Crippen molar-refractivity contribution in [3.05, 3.63) is 93.5 Å². The molecule has 0 heterocycles. The molecular formula is C25H25NO. The van der Waals surface area contributed by atoms with Gasteiger partial charge in [0.25, 0.3) is 0 Å². The summed E-state index contributed by atoms with van der Waals surface area (Å²) >= 11 is 0. The summed E-state index contributed by atoms with van der Waals surface area (Å²) in [5.74, 6) is 0.430. The highest BCUT2D eigenvalue weighted by Crippen LogP contribution is 2.26. The van der Waals surface area contributed by atoms with Crippen molar-refractivity contribution in [2.75, 3.05) is 0 Å². The van der Waals surface area contributed by atoms with E-state index in [1.54, 1.807) is 0 Å². The largest absolute Gasteiger partial charge is 0.508 e. The number of aliphatic imine (C=N–C) groups is 1. The maximum Gasteiger partial charge on any atom is 0.119 e. The number of hydrogen-bond donors (Lipinski definition) is 1. The average Bonchev–Trinajstić information content (AvgIpc) is 2.64. The number of benzene rings is 3. The SMILES string of the molecule is Cc1cccc(C)c1N=Cc1cc2ccc1CCc1ccc(c(O)c1)CC2. The van der Waals surface area contributed by atoms with Gasteiger partial charge in [0.05, 0.1) is 5.69 Å². The molecule has 0 unspecified atom stereocenters. The molecule has 0 atom stereocenters. The highest BCUT2D eigenvalue weighted by atomic mass is 16.3. The van der Waals surface area contributed by atoms with E-state index in [2.05, 4.69) is 62.4 Å². The van der Waals surface area contributed by atoms with E-state index in [-0.39, 0.29) is 0 Å². The third kappa shape index (κ3) is 3.80. The topological polar surface area (TPSA) is 32.6 Å². The third-order valence-corrected chi connectivity index (χ3v) is 5.50. The monoisotopic (exact) mass is 355 g/mol. The molecule has 0 fully saturated rings. The summed E-state index contributed by atoms with van der Waals surface area (Å²) in [6.45, 7) is 4.22. The molecule has 3 aromatic carbocycles. The van der Waals surface area contributed by atoms with E-state index in [9.17, 15) is 5.11 Å². The van der Waals surface area contributed by atoms with Crippen LogP contribution in [0.4, 0.5) is 5.69 Å². The van der Waals surface area contributed by atoms with Crippen LogP contribution in [0.15, 0.2) is 59.6 Å². The molecule has 4 aliphatic rings. The summed E-state index contributed by atoms with van der Waals surface area (Å²) in [4.78, 5) is 4.84. The van der Waals surface area contributed by atoms with Gasteiger partial charge in [0.2, 0.25) is 0 Å². The maximum absolute atomic E-state index is 10.2. The summed E-state index contributed by atoms with van der Waals surface area (Å²) in [6, 6.07) is 19.2. The summed E-state index contributed by atoms with van der Waals surface area (Å²) in [5.41, 5.74) is 9.46. The van der Waals surface area contributed by atoms with Gasteiger partial charge in [-0.15, -0.1) is 0 Å². The van der Waals surface area contributed by atoms with Gasteiger partial charge >= 0.3 is 0 Å². The maximum atomic E-state index is 10.2. The van der Waals surface area contributed by atoms with Gasteiger partial charge in [-0.25, -0.2) is 0 Å². The van der Waals surface area contributed by atoms with Gasteiger partial charge in [0, 0.05) is 6.21 Å². The van der Waals surface area contributed by atoms with Crippen molar-refractivity contribution in [3.8, 4) is 5.75 Å². The molecule has 3 aromatic rings. The molecule has 1 N–H and O–H groups in total. The first-order valence-electron chi connectivity index (χ1n) is 9.63. The molecule has 2 heteroatoms. The molecule has 4 aliphatic carbocycles. The van der Waals surface area contributed by atoms with Crippen LogP contribution >= 0.6 is 0 Å². The lowest BCUT2D eigenvalue weighted by Gasteiger charge is -2.13. The zero-order valence-corrected chi connectivity index (χ0v) is 16.0. The second kappa shape index (κ2) is 7.40. The van der Waals surface area contributed by atoms with E-state index in [1.807, 2.05) is 12.3 Å². The first kappa shape index (κ1) is 17.5. The minimum absolute atomic E-state index is 0.430. The van der Waals surface area contributed by atoms with Gasteiger partial charge in [-0.3, -0.25) is 4.99 Å². The molecule has 0 aliphatic heterocycles. The first-order chi connectivity index (χ1) is 13.1. The number of nitrogens with zero attached hydrogens (tertiary/aromatic N) is 1. The second-order valence-electron chi connectivity index (χ2n) is 7.49. The predicted octanol–water partition coefficient (Wildman–Crippen LogP) is 5.64. The van der Waals surface area contributed by atoms with Gasteiger partial charge in [0.15, 0.2) is 0 Å². The molecule has 0 spiro atoms. The standard InChI is InChI=1S/C25H25NO/c1-17-4-3-5-18(2)25(17)26-16-23-14-19-6-10-21(23)11-7-20-9-13-22(12-8-19)24(27)15-20/h3-6,9-10,13-16,27H,7-8,11-12H2,1-2H3. The van der Waals surface area contributed by atoms with Crippen LogP contribution in [-0.4, -0.2) is 11.3 Å². The molecule has 0 amide bonds. The molecule has 2 nitrogen and oxygen atoms in total. The van der Waals surface area contributed by atoms with E-state index in [4.69, 9.17) is 4.99 Å². The minimum Gasteiger partial charge on any atom is -0.508 e. The van der Waals surface area contributed by atoms with Crippen LogP contribution in [-0.2, 0) is 25.7 Å². The van der Waals surface area contributed by atoms with Crippen LogP contribution in [0.2, 0.25) is 0 Å². The summed E-state index contributed by atoms with van der Waals surface area (Å²) < 4.78 is 0. The molecule has 0 aromatic heterocycles. The summed E-state index contributed by atoms with van der Waals surface area (Å²) in [5, 5.41) is 10.2. The first-order valence-corrected chi connectivity index (χ1v) is 9.63. The van der Waals surface area contributed by atoms with Gasteiger partial charge in [0.1, 0.15) is 5.75 Å². The smallest absolute Gasteiger partial charge is 0.119 e. The van der Waals surface area contributed by atoms with Crippen LogP contribution < -0.4 is 0 Å². The van der Waals surface area contributed by atoms with Gasteiger partial charge in [-0.2, -0.15) is 0 Å². The molecular weight excluding hydrogens is 330 g/mol. The lowest BCUT2D eigenvalue weighted by molar-refractivity contribution is 0.467. The van der Waals surface area contributed by atoms with E-state index in [0.717, 1.165) is 36.9 Å². The lowest BCUT2D eigenvalue weighted by atomic mass is 9.93. The molecule has 0 radical (unpaired) electrons. The Morgan fingerprint density at radius 3 is 2.11 bits per heavy atom. The van der Waals surface area contributed by atoms with Crippen molar-refractivity contribution < 1.29 is 5.11 Å². The Balaban J connectivity index is 1.70. The number of phenolic OH excluding ortho intramolecular Hbond substituents is 1. The predicted molar refractivity (Wildman–Crippen MR) is 113 cm³/mol. The Labute approximate surface area is 161 Å². The number of hydrogen-bond acceptors (Lipinski definition) is 2. The summed E-state index contributed by atoms with van der Waals surface area (Å²) in [7, 11) is 0. The van der Waals surface area contributed by atoms with Crippen molar-refractivity contribution >= 4 is 11.9 Å². The number of aromatic hydroxyl groups is 1. The number of rotatable bonds is 2. The molecule has 0 saturated carbocycles. The number of para-hydroxylation sites is 1. The van der Waals surface area contributed by atoms with Gasteiger partial charge in [-0.1, -0.05) is 42.5 Å². The Morgan fingerprint density at radius 2 is 1.41 bits per heavy atom. The van der Waals surface area contributed by atoms with Crippen LogP contribution in [0.5, 0.6) is 5.75 Å².